The molecule has 0 radical (unpaired) electrons. The minimum Gasteiger partial charge on any atom is -0.456 e. The van der Waals surface area contributed by atoms with Crippen LogP contribution in [0.5, 0.6) is 0 Å². The number of anilines is 4. The van der Waals surface area contributed by atoms with Gasteiger partial charge in [-0.2, -0.15) is 0 Å². The highest BCUT2D eigenvalue weighted by Gasteiger charge is 2.37. The number of hydrogen-bond donors (Lipinski definition) is 6. The van der Waals surface area contributed by atoms with E-state index < -0.39 is 118 Å². The quantitative estimate of drug-likeness (QED) is 0.0376. The first-order valence-electron chi connectivity index (χ1n) is 37.8. The van der Waals surface area contributed by atoms with Gasteiger partial charge in [-0.3, -0.25) is 9.59 Å². The van der Waals surface area contributed by atoms with Crippen LogP contribution in [-0.2, 0) is 28.5 Å². The second-order valence-corrected chi connectivity index (χ2v) is 32.9. The molecule has 0 saturated heterocycles. The molecule has 4 fully saturated rings. The molecule has 12 rings (SSSR count). The average molecular weight is 1650 g/mol. The van der Waals surface area contributed by atoms with Crippen molar-refractivity contribution in [3.8, 4) is 45.0 Å². The van der Waals surface area contributed by atoms with Gasteiger partial charge in [0, 0.05) is 58.8 Å². The van der Waals surface area contributed by atoms with E-state index in [0.29, 0.717) is 83.6 Å². The fraction of sp³-hybridized carbons (Fsp3) is 0.465. The Labute approximate surface area is 680 Å². The first-order chi connectivity index (χ1) is 54.2. The maximum Gasteiger partial charge on any atom is 0.341 e. The summed E-state index contributed by atoms with van der Waals surface area (Å²) in [6.45, 7) is 20.4. The van der Waals surface area contributed by atoms with E-state index in [-0.39, 0.29) is 145 Å². The van der Waals surface area contributed by atoms with Crippen molar-refractivity contribution in [1.82, 2.24) is 39.9 Å². The molecule has 4 aromatic heterocycles. The van der Waals surface area contributed by atoms with Crippen molar-refractivity contribution < 1.29 is 93.1 Å². The predicted molar refractivity (Wildman–Crippen MR) is 429 cm³/mol. The number of aromatic nitrogens is 8. The average Bonchev–Trinajstić information content (AvgIpc) is 0.809. The summed E-state index contributed by atoms with van der Waals surface area (Å²) in [4.78, 5) is 106. The van der Waals surface area contributed by atoms with Crippen molar-refractivity contribution in [1.29, 1.82) is 0 Å². The Morgan fingerprint density at radius 2 is 0.585 bits per heavy atom. The van der Waals surface area contributed by atoms with Crippen LogP contribution in [0.4, 0.5) is 58.4 Å². The van der Waals surface area contributed by atoms with Gasteiger partial charge in [0.25, 0.3) is 0 Å². The van der Waals surface area contributed by atoms with Gasteiger partial charge in [-0.15, -0.1) is 0 Å². The van der Waals surface area contributed by atoms with E-state index in [2.05, 4.69) is 39.9 Å². The van der Waals surface area contributed by atoms with Gasteiger partial charge in [0.1, 0.15) is 104 Å². The van der Waals surface area contributed by atoms with Gasteiger partial charge in [0.2, 0.25) is 0 Å². The Balaban J connectivity index is 0.000000216. The molecular weight excluding hydrogens is 1550 g/mol. The minimum atomic E-state index is -1.51. The van der Waals surface area contributed by atoms with Crippen LogP contribution in [0, 0.1) is 23.3 Å². The molecule has 4 aliphatic carbocycles. The zero-order valence-electron chi connectivity index (χ0n) is 66.4. The van der Waals surface area contributed by atoms with Crippen molar-refractivity contribution in [3.63, 3.8) is 0 Å². The standard InChI is InChI=1S/2C21H25F2N3O3.2C21H23F2N3O3.2CH4/c4*1-21(2,3)29-20(28)13-6-4-12(9-14(13)22)18-19(24)25-10-16(26-18)11-5-7-17(27)15(23)8-11;;/h2*4,6,9-11,15,17,27H,5,7-8H2,1-3H3,(H2,24,25);2*4,6,9-11,15H,5,7-8H2,1-3H3,(H2,24,25);2*1H4/t11-,15-,17+;11-,15-,17-;11-,15+;11-,15-;;/m0010../s1. The second kappa shape index (κ2) is 39.0. The second-order valence-electron chi connectivity index (χ2n) is 32.9. The number of ketones is 2. The number of Topliss-reactive ketones (excluding diaryl/α,β-unsaturated/α-hetero) is 2. The van der Waals surface area contributed by atoms with Crippen LogP contribution in [0.2, 0.25) is 0 Å². The number of hydrogen-bond acceptors (Lipinski definition) is 24. The molecule has 4 heterocycles. The summed E-state index contributed by atoms with van der Waals surface area (Å²) in [5, 5.41) is 19.2. The number of nitrogens with two attached hydrogens (primary N) is 4. The molecule has 4 aliphatic rings. The first-order valence-corrected chi connectivity index (χ1v) is 37.8. The van der Waals surface area contributed by atoms with Crippen molar-refractivity contribution >= 4 is 58.7 Å². The lowest BCUT2D eigenvalue weighted by Crippen LogP contribution is -2.30. The van der Waals surface area contributed by atoms with Crippen LogP contribution >= 0.6 is 0 Å². The van der Waals surface area contributed by atoms with Crippen molar-refractivity contribution in [2.75, 3.05) is 22.9 Å². The summed E-state index contributed by atoms with van der Waals surface area (Å²) in [5.74, 6) is -7.46. The molecule has 4 aromatic carbocycles. The molecule has 0 bridgehead atoms. The summed E-state index contributed by atoms with van der Waals surface area (Å²) < 4.78 is 134. The number of nitrogen functional groups attached to an aromatic ring is 4. The molecule has 636 valence electrons. The Hall–Kier alpha value is -11.0. The highest BCUT2D eigenvalue weighted by molar-refractivity contribution is 5.93. The monoisotopic (exact) mass is 1650 g/mol. The number of aliphatic hydroxyl groups is 2. The minimum absolute atomic E-state index is 0. The molecule has 8 aromatic rings. The molecule has 32 heteroatoms. The summed E-state index contributed by atoms with van der Waals surface area (Å²) in [5.41, 5.74) is 24.4. The van der Waals surface area contributed by atoms with Crippen molar-refractivity contribution in [2.24, 2.45) is 0 Å². The number of alkyl halides is 4. The SMILES string of the molecule is C.C.CC(C)(C)OC(=O)c1ccc(-c2nc([C@@H]3CCC(=O)[C@@H](F)C3)cnc2N)cc1F.CC(C)(C)OC(=O)c1ccc(-c2nc([C@H]3CCC(=O)[C@@H](F)C3)cnc2N)cc1F.CC(C)(C)OC(=O)c1ccc(-c2nc([C@H]3CC[C@@H](O)[C@@H](F)C3)cnc2N)cc1F.CC(C)(C)OC(=O)c1ccc(-c2nc([C@H]3CC[C@H](O)[C@@H](F)C3)cnc2N)cc1F. The summed E-state index contributed by atoms with van der Waals surface area (Å²) in [7, 11) is 0. The fourth-order valence-electron chi connectivity index (χ4n) is 13.1. The lowest BCUT2D eigenvalue weighted by Gasteiger charge is -2.28. The number of halogens is 8. The third-order valence-corrected chi connectivity index (χ3v) is 19.0. The van der Waals surface area contributed by atoms with Crippen LogP contribution in [0.25, 0.3) is 45.0 Å². The molecule has 0 spiro atoms. The highest BCUT2D eigenvalue weighted by atomic mass is 19.2. The molecule has 24 nitrogen and oxygen atoms in total. The topological polar surface area (TPSA) is 387 Å². The van der Waals surface area contributed by atoms with Crippen LogP contribution in [0.15, 0.2) is 97.6 Å². The van der Waals surface area contributed by atoms with Gasteiger partial charge in [-0.25, -0.2) is 94.2 Å². The zero-order chi connectivity index (χ0) is 85.4. The third kappa shape index (κ3) is 25.0. The van der Waals surface area contributed by atoms with E-state index in [4.69, 9.17) is 41.9 Å². The molecule has 10 atom stereocenters. The van der Waals surface area contributed by atoms with Crippen LogP contribution in [0.3, 0.4) is 0 Å². The van der Waals surface area contributed by atoms with Gasteiger partial charge >= 0.3 is 23.9 Å². The third-order valence-electron chi connectivity index (χ3n) is 19.0. The molecular formula is C86H104F8N12O12. The number of carbonyl (C=O) groups is 6. The number of carbonyl (C=O) groups excluding carboxylic acids is 6. The fourth-order valence-corrected chi connectivity index (χ4v) is 13.1. The smallest absolute Gasteiger partial charge is 0.341 e. The highest BCUT2D eigenvalue weighted by Crippen LogP contribution is 2.41. The van der Waals surface area contributed by atoms with E-state index in [9.17, 15) is 74.1 Å². The normalized spacial score (nSPS) is 20.7. The Morgan fingerprint density at radius 1 is 0.364 bits per heavy atom. The predicted octanol–water partition coefficient (Wildman–Crippen LogP) is 16.8. The lowest BCUT2D eigenvalue weighted by molar-refractivity contribution is -0.126. The summed E-state index contributed by atoms with van der Waals surface area (Å²) in [6, 6.07) is 15.9. The van der Waals surface area contributed by atoms with Crippen LogP contribution in [0.1, 0.15) is 263 Å². The Bertz CT molecular complexity index is 4660. The van der Waals surface area contributed by atoms with E-state index in [1.165, 1.54) is 73.3 Å². The van der Waals surface area contributed by atoms with Gasteiger partial charge in [0.15, 0.2) is 23.9 Å². The van der Waals surface area contributed by atoms with E-state index in [1.807, 2.05) is 0 Å². The molecule has 0 aliphatic heterocycles. The molecule has 10 N–H and O–H groups in total. The number of benzene rings is 4. The van der Waals surface area contributed by atoms with Crippen LogP contribution < -0.4 is 22.9 Å². The van der Waals surface area contributed by atoms with Gasteiger partial charge in [-0.1, -0.05) is 39.1 Å². The van der Waals surface area contributed by atoms with Crippen molar-refractivity contribution in [2.45, 2.75) is 258 Å². The maximum absolute atomic E-state index is 14.6. The molecule has 0 unspecified atom stereocenters. The lowest BCUT2D eigenvalue weighted by atomic mass is 9.84. The molecule has 0 amide bonds. The maximum atomic E-state index is 14.6. The zero-order valence-corrected chi connectivity index (χ0v) is 66.4. The van der Waals surface area contributed by atoms with E-state index in [1.54, 1.807) is 83.1 Å². The number of ether oxygens (including phenoxy) is 4. The number of aliphatic hydroxyl groups excluding tert-OH is 2. The van der Waals surface area contributed by atoms with Crippen molar-refractivity contribution in [3.05, 3.63) is 166 Å². The Kier molecular flexibility index (Phi) is 31.1. The van der Waals surface area contributed by atoms with E-state index >= 15 is 0 Å². The van der Waals surface area contributed by atoms with Crippen LogP contribution in [-0.4, -0.2) is 145 Å². The summed E-state index contributed by atoms with van der Waals surface area (Å²) >= 11 is 0. The number of rotatable bonds is 12. The number of nitrogens with zero attached hydrogens (tertiary/aromatic N) is 8. The molecule has 4 saturated carbocycles. The van der Waals surface area contributed by atoms with Gasteiger partial charge < -0.3 is 52.1 Å². The molecule has 118 heavy (non-hydrogen) atoms. The largest absolute Gasteiger partial charge is 0.456 e. The van der Waals surface area contributed by atoms with Gasteiger partial charge in [0.05, 0.1) is 82.0 Å². The van der Waals surface area contributed by atoms with E-state index in [0.717, 1.165) is 24.3 Å². The summed E-state index contributed by atoms with van der Waals surface area (Å²) in [6.07, 6.45) is 1.76. The number of esters is 4. The Morgan fingerprint density at radius 3 is 0.780 bits per heavy atom. The van der Waals surface area contributed by atoms with Gasteiger partial charge in [-0.05, 0) is 196 Å². The first kappa shape index (κ1) is 94.1.